The van der Waals surface area contributed by atoms with E-state index in [0.29, 0.717) is 30.9 Å². The van der Waals surface area contributed by atoms with Crippen LogP contribution in [-0.2, 0) is 27.8 Å². The SMILES string of the molecule is C[S+]([O-])c1c(Oc2ccc(F)c(-c3nc(C4(C)CCOc5c(CCC(=O)O)cccc54)co3)c2)c(F)c(F)c2[nH]ccc12. The smallest absolute Gasteiger partial charge is 0.303 e. The molecule has 2 atom stereocenters. The number of carboxylic acids is 1. The van der Waals surface area contributed by atoms with E-state index in [0.717, 1.165) is 17.2 Å². The molecule has 1 aliphatic heterocycles. The maximum atomic E-state index is 15.1. The maximum absolute atomic E-state index is 15.1. The molecule has 0 radical (unpaired) electrons. The summed E-state index contributed by atoms with van der Waals surface area (Å²) in [6, 6.07) is 10.6. The highest BCUT2D eigenvalue weighted by molar-refractivity contribution is 7.91. The Bertz CT molecular complexity index is 1870. The second kappa shape index (κ2) is 11.0. The summed E-state index contributed by atoms with van der Waals surface area (Å²) in [5.74, 6) is -4.23. The van der Waals surface area contributed by atoms with Gasteiger partial charge in [-0.25, -0.2) is 13.8 Å². The number of hydrogen-bond donors (Lipinski definition) is 2. The lowest BCUT2D eigenvalue weighted by Crippen LogP contribution is -2.32. The molecule has 0 saturated carbocycles. The highest BCUT2D eigenvalue weighted by atomic mass is 32.2. The maximum Gasteiger partial charge on any atom is 0.303 e. The van der Waals surface area contributed by atoms with E-state index in [1.54, 1.807) is 0 Å². The molecule has 222 valence electrons. The summed E-state index contributed by atoms with van der Waals surface area (Å²) >= 11 is -1.76. The lowest BCUT2D eigenvalue weighted by Gasteiger charge is -2.35. The number of nitrogens with one attached hydrogen (secondary N) is 1. The van der Waals surface area contributed by atoms with Gasteiger partial charge in [0.05, 0.1) is 28.8 Å². The summed E-state index contributed by atoms with van der Waals surface area (Å²) in [6.45, 7) is 2.30. The zero-order valence-electron chi connectivity index (χ0n) is 23.0. The molecule has 0 spiro atoms. The van der Waals surface area contributed by atoms with Crippen LogP contribution in [0.1, 0.15) is 36.6 Å². The summed E-state index contributed by atoms with van der Waals surface area (Å²) in [6.07, 6.45) is 4.93. The number of carbonyl (C=O) groups is 1. The Morgan fingerprint density at radius 1 is 1.21 bits per heavy atom. The third-order valence-corrected chi connectivity index (χ3v) is 8.68. The van der Waals surface area contributed by atoms with E-state index >= 15 is 8.78 Å². The minimum absolute atomic E-state index is 0.0479. The Labute approximate surface area is 246 Å². The number of rotatable bonds is 8. The zero-order valence-corrected chi connectivity index (χ0v) is 23.8. The van der Waals surface area contributed by atoms with Crippen molar-refractivity contribution in [2.24, 2.45) is 0 Å². The number of fused-ring (bicyclic) bond motifs is 2. The number of aryl methyl sites for hydroxylation is 1. The number of oxazole rings is 1. The van der Waals surface area contributed by atoms with Crippen LogP contribution in [0.3, 0.4) is 0 Å². The van der Waals surface area contributed by atoms with Gasteiger partial charge in [-0.1, -0.05) is 18.2 Å². The Kier molecular flexibility index (Phi) is 7.35. The van der Waals surface area contributed by atoms with E-state index in [9.17, 15) is 13.7 Å². The molecular formula is C31H25F3N2O6S. The van der Waals surface area contributed by atoms with Crippen LogP contribution in [0.15, 0.2) is 64.2 Å². The van der Waals surface area contributed by atoms with Gasteiger partial charge in [-0.2, -0.15) is 4.39 Å². The van der Waals surface area contributed by atoms with Gasteiger partial charge in [-0.15, -0.1) is 0 Å². The summed E-state index contributed by atoms with van der Waals surface area (Å²) < 4.78 is 74.9. The Morgan fingerprint density at radius 2 is 2.02 bits per heavy atom. The van der Waals surface area contributed by atoms with Crippen molar-refractivity contribution in [1.82, 2.24) is 9.97 Å². The molecule has 0 amide bonds. The van der Waals surface area contributed by atoms with Gasteiger partial charge in [-0.05, 0) is 60.8 Å². The number of carboxylic acid groups (broad SMARTS) is 1. The largest absolute Gasteiger partial charge is 0.612 e. The first-order chi connectivity index (χ1) is 20.6. The van der Waals surface area contributed by atoms with Gasteiger partial charge in [0, 0.05) is 23.6 Å². The normalized spacial score (nSPS) is 17.0. The molecule has 2 unspecified atom stereocenters. The Morgan fingerprint density at radius 3 is 2.79 bits per heavy atom. The Balaban J connectivity index is 1.36. The van der Waals surface area contributed by atoms with Crippen LogP contribution in [0.4, 0.5) is 13.2 Å². The van der Waals surface area contributed by atoms with Gasteiger partial charge >= 0.3 is 5.97 Å². The van der Waals surface area contributed by atoms with Crippen molar-refractivity contribution in [3.8, 4) is 28.7 Å². The van der Waals surface area contributed by atoms with Crippen molar-refractivity contribution in [3.05, 3.63) is 89.2 Å². The van der Waals surface area contributed by atoms with Crippen molar-refractivity contribution in [2.45, 2.75) is 36.5 Å². The summed E-state index contributed by atoms with van der Waals surface area (Å²) in [4.78, 5) is 18.3. The molecular weight excluding hydrogens is 585 g/mol. The van der Waals surface area contributed by atoms with Crippen molar-refractivity contribution >= 4 is 28.0 Å². The van der Waals surface area contributed by atoms with Crippen molar-refractivity contribution < 1.29 is 41.5 Å². The van der Waals surface area contributed by atoms with Crippen molar-refractivity contribution in [2.75, 3.05) is 12.9 Å². The van der Waals surface area contributed by atoms with E-state index in [1.807, 2.05) is 25.1 Å². The molecule has 8 nitrogen and oxygen atoms in total. The van der Waals surface area contributed by atoms with E-state index in [1.165, 1.54) is 36.9 Å². The van der Waals surface area contributed by atoms with E-state index < -0.39 is 45.8 Å². The average Bonchev–Trinajstić information content (AvgIpc) is 3.67. The van der Waals surface area contributed by atoms with Gasteiger partial charge in [0.25, 0.3) is 0 Å². The molecule has 43 heavy (non-hydrogen) atoms. The van der Waals surface area contributed by atoms with Crippen molar-refractivity contribution in [3.63, 3.8) is 0 Å². The number of para-hydroxylation sites is 1. The monoisotopic (exact) mass is 610 g/mol. The molecule has 2 N–H and O–H groups in total. The molecule has 1 aliphatic rings. The molecule has 0 aliphatic carbocycles. The second-order valence-electron chi connectivity index (χ2n) is 10.4. The van der Waals surface area contributed by atoms with Crippen molar-refractivity contribution in [1.29, 1.82) is 0 Å². The van der Waals surface area contributed by atoms with Gasteiger partial charge in [0.2, 0.25) is 22.4 Å². The van der Waals surface area contributed by atoms with Crippen LogP contribution in [0.2, 0.25) is 0 Å². The second-order valence-corrected chi connectivity index (χ2v) is 11.7. The number of aromatic nitrogens is 2. The van der Waals surface area contributed by atoms with E-state index in [2.05, 4.69) is 9.97 Å². The van der Waals surface area contributed by atoms with Gasteiger partial charge < -0.3 is 28.5 Å². The fourth-order valence-electron chi connectivity index (χ4n) is 5.43. The molecule has 0 fully saturated rings. The fraction of sp³-hybridized carbons (Fsp3) is 0.226. The number of aliphatic carboxylic acids is 1. The number of halogens is 3. The van der Waals surface area contributed by atoms with Crippen LogP contribution in [0.5, 0.6) is 17.2 Å². The quantitative estimate of drug-likeness (QED) is 0.184. The lowest BCUT2D eigenvalue weighted by atomic mass is 9.74. The number of benzene rings is 3. The molecule has 5 aromatic rings. The van der Waals surface area contributed by atoms with Crippen LogP contribution in [0, 0.1) is 17.5 Å². The highest BCUT2D eigenvalue weighted by Gasteiger charge is 2.39. The number of nitrogens with zero attached hydrogens (tertiary/aromatic N) is 1. The number of ether oxygens (including phenoxy) is 2. The standard InChI is InChI=1S/C31H25F3N2O6S/c1-31(11-13-40-27-16(6-9-23(37)38)4-3-5-20(27)31)22-15-41-30(36-22)19-14-17(7-8-21(19)32)42-28-25(34)24(33)26-18(10-12-35-26)29(28)43(2)39/h3-5,7-8,10,12,14-15,35H,6,9,11,13H2,1-2H3,(H,37,38). The molecule has 6 rings (SSSR count). The lowest BCUT2D eigenvalue weighted by molar-refractivity contribution is -0.136. The van der Waals surface area contributed by atoms with Crippen LogP contribution in [-0.4, -0.2) is 38.5 Å². The number of H-pyrrole nitrogens is 1. The number of aromatic amines is 1. The molecule has 3 heterocycles. The predicted octanol–water partition coefficient (Wildman–Crippen LogP) is 6.88. The first-order valence-corrected chi connectivity index (χ1v) is 14.9. The molecule has 12 heteroatoms. The minimum Gasteiger partial charge on any atom is -0.612 e. The highest BCUT2D eigenvalue weighted by Crippen LogP contribution is 2.46. The first kappa shape index (κ1) is 28.7. The van der Waals surface area contributed by atoms with Gasteiger partial charge in [0.1, 0.15) is 29.8 Å². The fourth-order valence-corrected chi connectivity index (χ4v) is 6.31. The molecule has 0 saturated heterocycles. The topological polar surface area (TPSA) is 121 Å². The van der Waals surface area contributed by atoms with Crippen LogP contribution < -0.4 is 9.47 Å². The molecule has 0 bridgehead atoms. The summed E-state index contributed by atoms with van der Waals surface area (Å²) in [5.41, 5.74) is 1.15. The van der Waals surface area contributed by atoms with E-state index in [4.69, 9.17) is 19.0 Å². The molecule has 3 aromatic carbocycles. The minimum atomic E-state index is -1.76. The van der Waals surface area contributed by atoms with Gasteiger partial charge in [-0.3, -0.25) is 4.79 Å². The van der Waals surface area contributed by atoms with Crippen LogP contribution >= 0.6 is 0 Å². The zero-order chi connectivity index (χ0) is 30.5. The predicted molar refractivity (Wildman–Crippen MR) is 151 cm³/mol. The summed E-state index contributed by atoms with van der Waals surface area (Å²) in [7, 11) is 0. The van der Waals surface area contributed by atoms with E-state index in [-0.39, 0.29) is 39.4 Å². The third kappa shape index (κ3) is 5.00. The first-order valence-electron chi connectivity index (χ1n) is 13.3. The average molecular weight is 611 g/mol. The Hall–Kier alpha value is -4.42. The molecule has 2 aromatic heterocycles. The van der Waals surface area contributed by atoms with Crippen LogP contribution in [0.25, 0.3) is 22.4 Å². The number of hydrogen-bond acceptors (Lipinski definition) is 6. The summed E-state index contributed by atoms with van der Waals surface area (Å²) in [5, 5.41) is 9.34. The third-order valence-electron chi connectivity index (χ3n) is 7.70. The van der Waals surface area contributed by atoms with Gasteiger partial charge in [0.15, 0.2) is 5.82 Å².